The van der Waals surface area contributed by atoms with Crippen LogP contribution in [0.1, 0.15) is 12.5 Å². The van der Waals surface area contributed by atoms with E-state index in [0.717, 1.165) is 43.2 Å². The number of carbonyl (C=O) groups excluding carboxylic acids is 2. The molecule has 1 heterocycles. The third kappa shape index (κ3) is 6.46. The Morgan fingerprint density at radius 2 is 1.68 bits per heavy atom. The van der Waals surface area contributed by atoms with Crippen molar-refractivity contribution in [3.63, 3.8) is 0 Å². The van der Waals surface area contributed by atoms with E-state index in [1.807, 2.05) is 55.5 Å². The van der Waals surface area contributed by atoms with Gasteiger partial charge in [-0.2, -0.15) is 0 Å². The number of hydrogen-bond donors (Lipinski definition) is 1. The van der Waals surface area contributed by atoms with E-state index in [-0.39, 0.29) is 12.5 Å². The predicted octanol–water partition coefficient (Wildman–Crippen LogP) is 2.11. The van der Waals surface area contributed by atoms with Crippen molar-refractivity contribution in [1.29, 1.82) is 0 Å². The van der Waals surface area contributed by atoms with Crippen LogP contribution in [-0.4, -0.2) is 69.3 Å². The van der Waals surface area contributed by atoms with Gasteiger partial charge in [0.1, 0.15) is 11.8 Å². The van der Waals surface area contributed by atoms with Gasteiger partial charge in [-0.3, -0.25) is 9.69 Å². The second-order valence-corrected chi connectivity index (χ2v) is 7.50. The van der Waals surface area contributed by atoms with E-state index >= 15 is 0 Å². The van der Waals surface area contributed by atoms with Crippen LogP contribution in [-0.2, 0) is 20.7 Å². The summed E-state index contributed by atoms with van der Waals surface area (Å²) in [5.41, 5.74) is 2.06. The first kappa shape index (κ1) is 22.6. The molecule has 7 heteroatoms. The molecule has 0 aliphatic carbocycles. The Labute approximate surface area is 183 Å². The Kier molecular flexibility index (Phi) is 8.29. The minimum absolute atomic E-state index is 0.172. The molecular weight excluding hydrogens is 394 g/mol. The van der Waals surface area contributed by atoms with Gasteiger partial charge in [0.2, 0.25) is 5.91 Å². The van der Waals surface area contributed by atoms with Crippen molar-refractivity contribution in [1.82, 2.24) is 10.2 Å². The number of amides is 1. The molecule has 31 heavy (non-hydrogen) atoms. The van der Waals surface area contributed by atoms with E-state index in [1.165, 1.54) is 7.11 Å². The highest BCUT2D eigenvalue weighted by atomic mass is 16.5. The van der Waals surface area contributed by atoms with Crippen LogP contribution in [0.5, 0.6) is 5.75 Å². The van der Waals surface area contributed by atoms with Crippen LogP contribution in [0.15, 0.2) is 54.6 Å². The van der Waals surface area contributed by atoms with Crippen molar-refractivity contribution < 1.29 is 19.1 Å². The van der Waals surface area contributed by atoms with Gasteiger partial charge in [0, 0.05) is 32.6 Å². The smallest absolute Gasteiger partial charge is 0.328 e. The summed E-state index contributed by atoms with van der Waals surface area (Å²) < 4.78 is 10.6. The fourth-order valence-electron chi connectivity index (χ4n) is 3.77. The molecule has 0 spiro atoms. The maximum atomic E-state index is 12.6. The zero-order valence-corrected chi connectivity index (χ0v) is 18.3. The normalized spacial score (nSPS) is 15.2. The molecule has 1 amide bonds. The van der Waals surface area contributed by atoms with Gasteiger partial charge in [0.25, 0.3) is 0 Å². The van der Waals surface area contributed by atoms with Crippen molar-refractivity contribution in [2.24, 2.45) is 0 Å². The maximum absolute atomic E-state index is 12.6. The van der Waals surface area contributed by atoms with Gasteiger partial charge in [0.15, 0.2) is 0 Å². The fraction of sp³-hybridized carbons (Fsp3) is 0.417. The molecule has 1 aliphatic heterocycles. The number of methoxy groups -OCH3 is 1. The first-order chi connectivity index (χ1) is 15.1. The molecule has 7 nitrogen and oxygen atoms in total. The Balaban J connectivity index is 1.52. The molecule has 2 aromatic rings. The summed E-state index contributed by atoms with van der Waals surface area (Å²) in [6, 6.07) is 16.9. The van der Waals surface area contributed by atoms with Crippen LogP contribution in [0.25, 0.3) is 0 Å². The standard InChI is InChI=1S/C24H31N3O4/c1-3-31-22-12-8-7-11-21(22)27-15-13-26(14-16-27)18-23(28)25-20(24(29)30-2)17-19-9-5-4-6-10-19/h4-12,20H,3,13-18H2,1-2H3,(H,25,28)/t20-/m0/s1. The number of anilines is 1. The third-order valence-corrected chi connectivity index (χ3v) is 5.35. The zero-order chi connectivity index (χ0) is 22.1. The third-order valence-electron chi connectivity index (χ3n) is 5.35. The summed E-state index contributed by atoms with van der Waals surface area (Å²) >= 11 is 0. The van der Waals surface area contributed by atoms with E-state index in [4.69, 9.17) is 9.47 Å². The largest absolute Gasteiger partial charge is 0.492 e. The van der Waals surface area contributed by atoms with Crippen LogP contribution in [0.4, 0.5) is 5.69 Å². The van der Waals surface area contributed by atoms with Crippen LogP contribution >= 0.6 is 0 Å². The summed E-state index contributed by atoms with van der Waals surface area (Å²) in [5.74, 6) is 0.280. The average molecular weight is 426 g/mol. The molecule has 1 N–H and O–H groups in total. The summed E-state index contributed by atoms with van der Waals surface area (Å²) in [5, 5.41) is 2.84. The average Bonchev–Trinajstić information content (AvgIpc) is 2.80. The van der Waals surface area contributed by atoms with E-state index in [0.29, 0.717) is 13.0 Å². The van der Waals surface area contributed by atoms with Crippen molar-refractivity contribution in [3.8, 4) is 5.75 Å². The lowest BCUT2D eigenvalue weighted by atomic mass is 10.1. The lowest BCUT2D eigenvalue weighted by Gasteiger charge is -2.36. The van der Waals surface area contributed by atoms with Crippen LogP contribution in [0.2, 0.25) is 0 Å². The topological polar surface area (TPSA) is 71.1 Å². The molecule has 0 bridgehead atoms. The van der Waals surface area contributed by atoms with E-state index in [9.17, 15) is 9.59 Å². The number of para-hydroxylation sites is 2. The summed E-state index contributed by atoms with van der Waals surface area (Å²) in [6.07, 6.45) is 0.404. The van der Waals surface area contributed by atoms with Crippen molar-refractivity contribution >= 4 is 17.6 Å². The molecule has 0 unspecified atom stereocenters. The van der Waals surface area contributed by atoms with Gasteiger partial charge in [-0.05, 0) is 24.6 Å². The van der Waals surface area contributed by atoms with Gasteiger partial charge < -0.3 is 19.7 Å². The van der Waals surface area contributed by atoms with Gasteiger partial charge >= 0.3 is 5.97 Å². The van der Waals surface area contributed by atoms with Gasteiger partial charge in [0.05, 0.1) is 25.9 Å². The molecule has 1 fully saturated rings. The summed E-state index contributed by atoms with van der Waals surface area (Å²) in [6.45, 7) is 5.99. The van der Waals surface area contributed by atoms with E-state index in [1.54, 1.807) is 0 Å². The highest BCUT2D eigenvalue weighted by Gasteiger charge is 2.25. The number of nitrogens with one attached hydrogen (secondary N) is 1. The van der Waals surface area contributed by atoms with Gasteiger partial charge in [-0.25, -0.2) is 4.79 Å². The number of ether oxygens (including phenoxy) is 2. The molecule has 1 atom stereocenters. The van der Waals surface area contributed by atoms with Gasteiger partial charge in [-0.1, -0.05) is 42.5 Å². The lowest BCUT2D eigenvalue weighted by molar-refractivity contribution is -0.145. The van der Waals surface area contributed by atoms with Crippen LogP contribution < -0.4 is 15.0 Å². The Morgan fingerprint density at radius 1 is 1.00 bits per heavy atom. The Hall–Kier alpha value is -3.06. The molecule has 0 saturated carbocycles. The van der Waals surface area contributed by atoms with Crippen molar-refractivity contribution in [2.45, 2.75) is 19.4 Å². The molecule has 166 valence electrons. The predicted molar refractivity (Wildman–Crippen MR) is 120 cm³/mol. The van der Waals surface area contributed by atoms with Crippen molar-refractivity contribution in [3.05, 3.63) is 60.2 Å². The van der Waals surface area contributed by atoms with E-state index < -0.39 is 12.0 Å². The molecule has 0 radical (unpaired) electrons. The highest BCUT2D eigenvalue weighted by Crippen LogP contribution is 2.28. The fourth-order valence-corrected chi connectivity index (χ4v) is 3.77. The highest BCUT2D eigenvalue weighted by molar-refractivity contribution is 5.85. The van der Waals surface area contributed by atoms with Crippen molar-refractivity contribution in [2.75, 3.05) is 51.3 Å². The number of rotatable bonds is 9. The summed E-state index contributed by atoms with van der Waals surface area (Å²) in [4.78, 5) is 29.2. The summed E-state index contributed by atoms with van der Waals surface area (Å²) in [7, 11) is 1.34. The maximum Gasteiger partial charge on any atom is 0.328 e. The number of esters is 1. The second kappa shape index (κ2) is 11.4. The molecule has 2 aromatic carbocycles. The quantitative estimate of drug-likeness (QED) is 0.621. The van der Waals surface area contributed by atoms with Crippen LogP contribution in [0, 0.1) is 0 Å². The minimum Gasteiger partial charge on any atom is -0.492 e. The minimum atomic E-state index is -0.695. The monoisotopic (exact) mass is 425 g/mol. The molecular formula is C24H31N3O4. The van der Waals surface area contributed by atoms with Crippen LogP contribution in [0.3, 0.4) is 0 Å². The number of carbonyl (C=O) groups is 2. The molecule has 3 rings (SSSR count). The zero-order valence-electron chi connectivity index (χ0n) is 18.3. The number of piperazine rings is 1. The lowest BCUT2D eigenvalue weighted by Crippen LogP contribution is -2.52. The molecule has 0 aromatic heterocycles. The number of benzene rings is 2. The van der Waals surface area contributed by atoms with E-state index in [2.05, 4.69) is 21.2 Å². The number of hydrogen-bond acceptors (Lipinski definition) is 6. The molecule has 1 aliphatic rings. The Morgan fingerprint density at radius 3 is 2.35 bits per heavy atom. The first-order valence-corrected chi connectivity index (χ1v) is 10.7. The molecule has 1 saturated heterocycles. The number of nitrogens with zero attached hydrogens (tertiary/aromatic N) is 2. The van der Waals surface area contributed by atoms with Gasteiger partial charge in [-0.15, -0.1) is 0 Å². The Bertz CT molecular complexity index is 851. The first-order valence-electron chi connectivity index (χ1n) is 10.7. The second-order valence-electron chi connectivity index (χ2n) is 7.50. The SMILES string of the molecule is CCOc1ccccc1N1CCN(CC(=O)N[C@@H](Cc2ccccc2)C(=O)OC)CC1.